The number of alkyl halides is 3. The number of benzene rings is 1. The van der Waals surface area contributed by atoms with Crippen molar-refractivity contribution in [2.45, 2.75) is 38.8 Å². The quantitative estimate of drug-likeness (QED) is 0.314. The minimum atomic E-state index is -4.60. The number of pyridine rings is 2. The zero-order valence-corrected chi connectivity index (χ0v) is 17.0. The molecule has 164 valence electrons. The first-order valence-corrected chi connectivity index (χ1v) is 10.1. The van der Waals surface area contributed by atoms with Crippen molar-refractivity contribution >= 4 is 27.7 Å². The van der Waals surface area contributed by atoms with Crippen LogP contribution >= 0.6 is 0 Å². The number of halogens is 3. The fraction of sp³-hybridized carbons (Fsp3) is 0.273. The smallest absolute Gasteiger partial charge is 0.288 e. The summed E-state index contributed by atoms with van der Waals surface area (Å²) in [6.07, 6.45) is -0.121. The lowest BCUT2D eigenvalue weighted by molar-refractivity contribution is -0.136. The lowest BCUT2D eigenvalue weighted by Gasteiger charge is -2.23. The van der Waals surface area contributed by atoms with Crippen LogP contribution in [0.15, 0.2) is 24.4 Å². The Labute approximate surface area is 179 Å². The van der Waals surface area contributed by atoms with E-state index >= 15 is 0 Å². The number of nitrogens with zero attached hydrogens (tertiary/aromatic N) is 3. The first kappa shape index (κ1) is 20.4. The fourth-order valence-corrected chi connectivity index (χ4v) is 4.54. The van der Waals surface area contributed by atoms with Gasteiger partial charge in [-0.25, -0.2) is 10.5 Å². The van der Waals surface area contributed by atoms with E-state index in [0.717, 1.165) is 30.0 Å². The third-order valence-corrected chi connectivity index (χ3v) is 5.95. The second-order valence-corrected chi connectivity index (χ2v) is 7.89. The van der Waals surface area contributed by atoms with E-state index in [1.54, 1.807) is 13.0 Å². The number of aromatic nitrogens is 4. The van der Waals surface area contributed by atoms with E-state index in [-0.39, 0.29) is 16.7 Å². The standard InChI is InChI=1S/C22H18F3N5O2/c1-10-17-16(29-28-10)8-14(22(23,24)25)20-18(17)12-4-2-3-5-13(12)19(27-20)11-6-7-15(26-9-11)21(31)30-32/h6-9,32H,2-5H2,1H3,(H,28,29)(H,30,31). The third kappa shape index (κ3) is 3.10. The third-order valence-electron chi connectivity index (χ3n) is 5.95. The second kappa shape index (κ2) is 7.27. The Balaban J connectivity index is 1.87. The van der Waals surface area contributed by atoms with Gasteiger partial charge in [0.05, 0.1) is 22.3 Å². The average Bonchev–Trinajstić information content (AvgIpc) is 3.17. The fourth-order valence-electron chi connectivity index (χ4n) is 4.54. The van der Waals surface area contributed by atoms with Gasteiger partial charge in [-0.1, -0.05) is 0 Å². The highest BCUT2D eigenvalue weighted by Gasteiger charge is 2.36. The molecule has 7 nitrogen and oxygen atoms in total. The van der Waals surface area contributed by atoms with E-state index in [1.807, 2.05) is 0 Å². The zero-order chi connectivity index (χ0) is 22.6. The number of carbonyl (C=O) groups is 1. The molecule has 3 heterocycles. The van der Waals surface area contributed by atoms with Gasteiger partial charge in [0.1, 0.15) is 5.69 Å². The highest BCUT2D eigenvalue weighted by molar-refractivity contribution is 6.10. The van der Waals surface area contributed by atoms with E-state index in [2.05, 4.69) is 20.2 Å². The van der Waals surface area contributed by atoms with Gasteiger partial charge < -0.3 is 0 Å². The number of rotatable bonds is 2. The molecule has 1 amide bonds. The van der Waals surface area contributed by atoms with Crippen molar-refractivity contribution in [1.82, 2.24) is 25.6 Å². The van der Waals surface area contributed by atoms with Gasteiger partial charge in [0, 0.05) is 28.2 Å². The van der Waals surface area contributed by atoms with Crippen LogP contribution in [0, 0.1) is 6.92 Å². The number of amides is 1. The maximum absolute atomic E-state index is 14.0. The summed E-state index contributed by atoms with van der Waals surface area (Å²) in [5, 5.41) is 16.8. The molecule has 0 unspecified atom stereocenters. The van der Waals surface area contributed by atoms with E-state index in [4.69, 9.17) is 5.21 Å². The van der Waals surface area contributed by atoms with Crippen LogP contribution in [0.1, 0.15) is 45.7 Å². The number of nitrogens with one attached hydrogen (secondary N) is 2. The number of hydrogen-bond acceptors (Lipinski definition) is 5. The highest BCUT2D eigenvalue weighted by atomic mass is 19.4. The van der Waals surface area contributed by atoms with Crippen molar-refractivity contribution in [2.75, 3.05) is 0 Å². The summed E-state index contributed by atoms with van der Waals surface area (Å²) >= 11 is 0. The Morgan fingerprint density at radius 3 is 2.56 bits per heavy atom. The van der Waals surface area contributed by atoms with Gasteiger partial charge in [0.2, 0.25) is 0 Å². The molecule has 10 heteroatoms. The van der Waals surface area contributed by atoms with Gasteiger partial charge >= 0.3 is 6.18 Å². The normalized spacial score (nSPS) is 14.0. The number of fused-ring (bicyclic) bond motifs is 5. The molecule has 0 saturated carbocycles. The molecule has 0 radical (unpaired) electrons. The number of H-pyrrole nitrogens is 1. The summed E-state index contributed by atoms with van der Waals surface area (Å²) in [7, 11) is 0. The molecule has 3 aromatic heterocycles. The van der Waals surface area contributed by atoms with Crippen LogP contribution in [-0.4, -0.2) is 31.3 Å². The van der Waals surface area contributed by atoms with Gasteiger partial charge in [-0.3, -0.25) is 20.1 Å². The molecule has 0 atom stereocenters. The number of carbonyl (C=O) groups excluding carboxylic acids is 1. The largest absolute Gasteiger partial charge is 0.418 e. The maximum Gasteiger partial charge on any atom is 0.418 e. The van der Waals surface area contributed by atoms with Crippen LogP contribution in [0.25, 0.3) is 33.1 Å². The predicted molar refractivity (Wildman–Crippen MR) is 110 cm³/mol. The van der Waals surface area contributed by atoms with Crippen LogP contribution < -0.4 is 5.48 Å². The van der Waals surface area contributed by atoms with E-state index in [1.165, 1.54) is 17.7 Å². The van der Waals surface area contributed by atoms with Crippen molar-refractivity contribution in [3.05, 3.63) is 52.5 Å². The molecule has 4 aromatic rings. The van der Waals surface area contributed by atoms with Crippen molar-refractivity contribution in [2.24, 2.45) is 0 Å². The Bertz CT molecular complexity index is 1380. The van der Waals surface area contributed by atoms with Crippen molar-refractivity contribution in [1.29, 1.82) is 0 Å². The molecule has 32 heavy (non-hydrogen) atoms. The molecule has 3 N–H and O–H groups in total. The second-order valence-electron chi connectivity index (χ2n) is 7.89. The van der Waals surface area contributed by atoms with Crippen LogP contribution in [0.3, 0.4) is 0 Å². The minimum Gasteiger partial charge on any atom is -0.288 e. The Kier molecular flexibility index (Phi) is 4.63. The Morgan fingerprint density at radius 2 is 1.91 bits per heavy atom. The van der Waals surface area contributed by atoms with Crippen molar-refractivity contribution < 1.29 is 23.2 Å². The van der Waals surface area contributed by atoms with Crippen molar-refractivity contribution in [3.63, 3.8) is 0 Å². The van der Waals surface area contributed by atoms with Gasteiger partial charge in [-0.15, -0.1) is 0 Å². The molecule has 5 rings (SSSR count). The molecule has 0 spiro atoms. The predicted octanol–water partition coefficient (Wildman–Crippen LogP) is 4.50. The lowest BCUT2D eigenvalue weighted by Crippen LogP contribution is -2.19. The molecule has 1 aromatic carbocycles. The summed E-state index contributed by atoms with van der Waals surface area (Å²) < 4.78 is 42.1. The van der Waals surface area contributed by atoms with Gasteiger partial charge in [0.25, 0.3) is 5.91 Å². The van der Waals surface area contributed by atoms with Gasteiger partial charge in [-0.05, 0) is 61.9 Å². The summed E-state index contributed by atoms with van der Waals surface area (Å²) in [5.41, 5.74) is 4.21. The molecule has 1 aliphatic carbocycles. The number of aryl methyl sites for hydroxylation is 2. The van der Waals surface area contributed by atoms with Crippen LogP contribution in [0.5, 0.6) is 0 Å². The Morgan fingerprint density at radius 1 is 1.16 bits per heavy atom. The van der Waals surface area contributed by atoms with Crippen LogP contribution in [0.2, 0.25) is 0 Å². The molecule has 1 aliphatic rings. The number of hydroxylamine groups is 1. The summed E-state index contributed by atoms with van der Waals surface area (Å²) in [6, 6.07) is 4.02. The monoisotopic (exact) mass is 441 g/mol. The first-order valence-electron chi connectivity index (χ1n) is 10.1. The summed E-state index contributed by atoms with van der Waals surface area (Å²) in [4.78, 5) is 20.2. The van der Waals surface area contributed by atoms with E-state index < -0.39 is 17.6 Å². The van der Waals surface area contributed by atoms with E-state index in [9.17, 15) is 18.0 Å². The molecule has 0 saturated heterocycles. The average molecular weight is 441 g/mol. The first-order chi connectivity index (χ1) is 15.3. The number of aromatic amines is 1. The van der Waals surface area contributed by atoms with Gasteiger partial charge in [-0.2, -0.15) is 18.3 Å². The molecule has 0 fully saturated rings. The number of hydrogen-bond donors (Lipinski definition) is 3. The SMILES string of the molecule is Cc1[nH]nc2cc(C(F)(F)F)c3nc(-c4ccc(C(=O)NO)nc4)c4c(c3c12)CCCC4. The molecular weight excluding hydrogens is 423 g/mol. The van der Waals surface area contributed by atoms with Crippen LogP contribution in [0.4, 0.5) is 13.2 Å². The Hall–Kier alpha value is -3.53. The maximum atomic E-state index is 14.0. The zero-order valence-electron chi connectivity index (χ0n) is 17.0. The minimum absolute atomic E-state index is 0.0161. The van der Waals surface area contributed by atoms with Crippen molar-refractivity contribution in [3.8, 4) is 11.3 Å². The molecular formula is C22H18F3N5O2. The summed E-state index contributed by atoms with van der Waals surface area (Å²) in [6.45, 7) is 1.79. The molecule has 0 aliphatic heterocycles. The van der Waals surface area contributed by atoms with E-state index in [0.29, 0.717) is 40.6 Å². The topological polar surface area (TPSA) is 104 Å². The lowest BCUT2D eigenvalue weighted by atomic mass is 9.84. The van der Waals surface area contributed by atoms with Crippen LogP contribution in [-0.2, 0) is 19.0 Å². The molecule has 0 bridgehead atoms. The highest BCUT2D eigenvalue weighted by Crippen LogP contribution is 2.43. The van der Waals surface area contributed by atoms with Gasteiger partial charge in [0.15, 0.2) is 0 Å². The summed E-state index contributed by atoms with van der Waals surface area (Å²) in [5.74, 6) is -0.776.